The maximum atomic E-state index is 12.0. The maximum Gasteiger partial charge on any atom is 0.307 e. The summed E-state index contributed by atoms with van der Waals surface area (Å²) >= 11 is 0. The largest absolute Gasteiger partial charge is 0.469 e. The average Bonchev–Trinajstić information content (AvgIpc) is 2.32. The number of methoxy groups -OCH3 is 1. The Morgan fingerprint density at radius 3 is 2.29 bits per heavy atom. The number of ether oxygens (including phenoxy) is 1. The summed E-state index contributed by atoms with van der Waals surface area (Å²) < 4.78 is 4.55. The predicted molar refractivity (Wildman–Crippen MR) is 64.3 cm³/mol. The second kappa shape index (κ2) is 8.06. The highest BCUT2D eigenvalue weighted by Gasteiger charge is 2.24. The van der Waals surface area contributed by atoms with Crippen molar-refractivity contribution in [3.05, 3.63) is 0 Å². The lowest BCUT2D eigenvalue weighted by atomic mass is 10.1. The summed E-state index contributed by atoms with van der Waals surface area (Å²) in [5, 5.41) is 9.24. The molecule has 1 amide bonds. The summed E-state index contributed by atoms with van der Waals surface area (Å²) in [5.74, 6) is -0.539. The molecule has 0 aliphatic carbocycles. The van der Waals surface area contributed by atoms with Gasteiger partial charge < -0.3 is 14.7 Å². The second-order valence-corrected chi connectivity index (χ2v) is 4.26. The summed E-state index contributed by atoms with van der Waals surface area (Å²) in [6, 6.07) is -0.227. The van der Waals surface area contributed by atoms with Crippen molar-refractivity contribution < 1.29 is 19.4 Å². The molecule has 0 aromatic heterocycles. The molecule has 0 saturated carbocycles. The molecule has 0 radical (unpaired) electrons. The molecule has 1 N–H and O–H groups in total. The summed E-state index contributed by atoms with van der Waals surface area (Å²) in [6.45, 7) is 5.72. The zero-order valence-electron chi connectivity index (χ0n) is 11.1. The third-order valence-corrected chi connectivity index (χ3v) is 2.68. The van der Waals surface area contributed by atoms with Gasteiger partial charge in [0.05, 0.1) is 26.2 Å². The smallest absolute Gasteiger partial charge is 0.307 e. The molecule has 5 nitrogen and oxygen atoms in total. The fraction of sp³-hybridized carbons (Fsp3) is 0.833. The van der Waals surface area contributed by atoms with Gasteiger partial charge in [-0.05, 0) is 6.42 Å². The third-order valence-electron chi connectivity index (χ3n) is 2.68. The Balaban J connectivity index is 4.61. The van der Waals surface area contributed by atoms with E-state index in [1.807, 2.05) is 6.92 Å². The molecule has 0 rings (SSSR count). The number of aliphatic hydroxyl groups excluding tert-OH is 1. The molecule has 0 fully saturated rings. The molecule has 5 heteroatoms. The molecule has 0 spiro atoms. The molecule has 1 atom stereocenters. The molecule has 0 aromatic carbocycles. The number of esters is 1. The molecular weight excluding hydrogens is 222 g/mol. The molecule has 1 unspecified atom stereocenters. The van der Waals surface area contributed by atoms with Crippen LogP contribution in [-0.2, 0) is 14.3 Å². The molecule has 100 valence electrons. The lowest BCUT2D eigenvalue weighted by Gasteiger charge is -2.31. The van der Waals surface area contributed by atoms with Crippen LogP contribution < -0.4 is 0 Å². The third kappa shape index (κ3) is 5.17. The van der Waals surface area contributed by atoms with E-state index in [0.29, 0.717) is 13.0 Å². The first-order valence-corrected chi connectivity index (χ1v) is 5.96. The van der Waals surface area contributed by atoms with Crippen LogP contribution in [-0.4, -0.2) is 48.2 Å². The van der Waals surface area contributed by atoms with Gasteiger partial charge in [-0.25, -0.2) is 0 Å². The molecule has 17 heavy (non-hydrogen) atoms. The van der Waals surface area contributed by atoms with E-state index in [2.05, 4.69) is 4.74 Å². The van der Waals surface area contributed by atoms with Crippen molar-refractivity contribution in [1.29, 1.82) is 0 Å². The Morgan fingerprint density at radius 1 is 1.35 bits per heavy atom. The Labute approximate surface area is 103 Å². The Kier molecular flexibility index (Phi) is 7.54. The topological polar surface area (TPSA) is 66.8 Å². The summed E-state index contributed by atoms with van der Waals surface area (Å²) in [4.78, 5) is 24.6. The van der Waals surface area contributed by atoms with Crippen molar-refractivity contribution in [3.63, 3.8) is 0 Å². The molecule has 0 aliphatic heterocycles. The average molecular weight is 245 g/mol. The van der Waals surface area contributed by atoms with Crippen LogP contribution in [0.15, 0.2) is 0 Å². The number of rotatable bonds is 7. The number of amides is 1. The van der Waals surface area contributed by atoms with Gasteiger partial charge in [0.1, 0.15) is 0 Å². The van der Waals surface area contributed by atoms with E-state index in [4.69, 9.17) is 0 Å². The summed E-state index contributed by atoms with van der Waals surface area (Å²) in [5.41, 5.74) is 0. The van der Waals surface area contributed by atoms with Gasteiger partial charge in [0.2, 0.25) is 5.91 Å². The highest BCUT2D eigenvalue weighted by molar-refractivity contribution is 5.79. The van der Waals surface area contributed by atoms with Crippen LogP contribution in [0.25, 0.3) is 0 Å². The van der Waals surface area contributed by atoms with Crippen LogP contribution >= 0.6 is 0 Å². The highest BCUT2D eigenvalue weighted by Crippen LogP contribution is 2.10. The molecule has 0 aliphatic rings. The monoisotopic (exact) mass is 245 g/mol. The van der Waals surface area contributed by atoms with Crippen molar-refractivity contribution in [2.45, 2.75) is 39.7 Å². The molecule has 0 saturated heterocycles. The first kappa shape index (κ1) is 15.9. The minimum atomic E-state index is -0.348. The van der Waals surface area contributed by atoms with Gasteiger partial charge in [-0.3, -0.25) is 9.59 Å². The Hall–Kier alpha value is -1.10. The van der Waals surface area contributed by atoms with Gasteiger partial charge in [0.15, 0.2) is 0 Å². The lowest BCUT2D eigenvalue weighted by Crippen LogP contribution is -2.45. The van der Waals surface area contributed by atoms with Gasteiger partial charge in [0.25, 0.3) is 0 Å². The highest BCUT2D eigenvalue weighted by atomic mass is 16.5. The second-order valence-electron chi connectivity index (χ2n) is 4.26. The van der Waals surface area contributed by atoms with E-state index in [0.717, 1.165) is 0 Å². The van der Waals surface area contributed by atoms with E-state index >= 15 is 0 Å². The van der Waals surface area contributed by atoms with Gasteiger partial charge in [-0.15, -0.1) is 0 Å². The zero-order chi connectivity index (χ0) is 13.4. The van der Waals surface area contributed by atoms with E-state index < -0.39 is 0 Å². The van der Waals surface area contributed by atoms with Gasteiger partial charge in [0, 0.05) is 12.5 Å². The number of hydrogen-bond acceptors (Lipinski definition) is 4. The lowest BCUT2D eigenvalue weighted by molar-refractivity contribution is -0.143. The van der Waals surface area contributed by atoms with E-state index in [-0.39, 0.29) is 36.9 Å². The number of carbonyl (C=O) groups is 2. The fourth-order valence-corrected chi connectivity index (χ4v) is 1.57. The van der Waals surface area contributed by atoms with Crippen molar-refractivity contribution >= 4 is 11.9 Å². The minimum Gasteiger partial charge on any atom is -0.469 e. The van der Waals surface area contributed by atoms with Crippen molar-refractivity contribution in [3.8, 4) is 0 Å². The molecule has 0 aromatic rings. The standard InChI is InChI=1S/C12H23NO4/c1-5-10(8-14)13(12(16)9(2)3)7-6-11(15)17-4/h9-10,14H,5-8H2,1-4H3. The SMILES string of the molecule is CCC(CO)N(CCC(=O)OC)C(=O)C(C)C. The van der Waals surface area contributed by atoms with Crippen LogP contribution in [0.1, 0.15) is 33.6 Å². The van der Waals surface area contributed by atoms with Gasteiger partial charge >= 0.3 is 5.97 Å². The van der Waals surface area contributed by atoms with E-state index in [9.17, 15) is 14.7 Å². The first-order chi connectivity index (χ1) is 7.97. The van der Waals surface area contributed by atoms with Crippen LogP contribution in [0.5, 0.6) is 0 Å². The van der Waals surface area contributed by atoms with Crippen molar-refractivity contribution in [2.75, 3.05) is 20.3 Å². The quantitative estimate of drug-likeness (QED) is 0.674. The van der Waals surface area contributed by atoms with Crippen molar-refractivity contribution in [1.82, 2.24) is 4.90 Å². The molecular formula is C12H23NO4. The number of hydrogen-bond donors (Lipinski definition) is 1. The zero-order valence-corrected chi connectivity index (χ0v) is 11.1. The number of nitrogens with zero attached hydrogens (tertiary/aromatic N) is 1. The number of aliphatic hydroxyl groups is 1. The Bertz CT molecular complexity index is 249. The number of carbonyl (C=O) groups excluding carboxylic acids is 2. The molecule has 0 bridgehead atoms. The van der Waals surface area contributed by atoms with Crippen molar-refractivity contribution in [2.24, 2.45) is 5.92 Å². The normalized spacial score (nSPS) is 12.4. The predicted octanol–water partition coefficient (Wildman–Crippen LogP) is 0.805. The summed E-state index contributed by atoms with van der Waals surface area (Å²) in [6.07, 6.45) is 0.821. The molecule has 0 heterocycles. The van der Waals surface area contributed by atoms with Crippen LogP contribution in [0, 0.1) is 5.92 Å². The van der Waals surface area contributed by atoms with Gasteiger partial charge in [-0.1, -0.05) is 20.8 Å². The first-order valence-electron chi connectivity index (χ1n) is 5.96. The van der Waals surface area contributed by atoms with Gasteiger partial charge in [-0.2, -0.15) is 0 Å². The maximum absolute atomic E-state index is 12.0. The fourth-order valence-electron chi connectivity index (χ4n) is 1.57. The van der Waals surface area contributed by atoms with Crippen LogP contribution in [0.3, 0.4) is 0 Å². The van der Waals surface area contributed by atoms with E-state index in [1.54, 1.807) is 18.7 Å². The van der Waals surface area contributed by atoms with Crippen LogP contribution in [0.4, 0.5) is 0 Å². The van der Waals surface area contributed by atoms with E-state index in [1.165, 1.54) is 7.11 Å². The van der Waals surface area contributed by atoms with Crippen LogP contribution in [0.2, 0.25) is 0 Å². The minimum absolute atomic E-state index is 0.0465. The summed E-state index contributed by atoms with van der Waals surface area (Å²) in [7, 11) is 1.32. The Morgan fingerprint density at radius 2 is 1.94 bits per heavy atom.